The third-order valence-electron chi connectivity index (χ3n) is 1.19. The van der Waals surface area contributed by atoms with E-state index in [-0.39, 0.29) is 0 Å². The first-order chi connectivity index (χ1) is 7.93. The molecule has 0 aliphatic carbocycles. The molecule has 5 N–H and O–H groups in total. The lowest BCUT2D eigenvalue weighted by Gasteiger charge is -1.80. The minimum atomic E-state index is -2.87. The van der Waals surface area contributed by atoms with Crippen molar-refractivity contribution in [3.8, 4) is 0 Å². The fourth-order valence-electron chi connectivity index (χ4n) is 0.775. The molecule has 0 spiro atoms. The molecular weight excluding hydrogens is 272 g/mol. The number of imidazole rings is 1. The van der Waals surface area contributed by atoms with Crippen molar-refractivity contribution in [2.75, 3.05) is 0 Å². The van der Waals surface area contributed by atoms with E-state index in [1.165, 1.54) is 0 Å². The number of nitrogens with zero attached hydrogens (tertiary/aromatic N) is 2. The summed E-state index contributed by atoms with van der Waals surface area (Å²) in [5.41, 5.74) is 1.76. The van der Waals surface area contributed by atoms with E-state index < -0.39 is 16.5 Å². The van der Waals surface area contributed by atoms with Crippen LogP contribution in [-0.4, -0.2) is 34.5 Å². The summed E-state index contributed by atoms with van der Waals surface area (Å²) in [5.74, 6) is 0. The lowest BCUT2D eigenvalue weighted by Crippen LogP contribution is -1.71. The predicted octanol–water partition coefficient (Wildman–Crippen LogP) is 0.215. The van der Waals surface area contributed by atoms with Crippen LogP contribution in [0.5, 0.6) is 0 Å². The minimum absolute atomic E-state index is 0.775. The Bertz CT molecular complexity index is 439. The molecule has 0 aliphatic rings. The van der Waals surface area contributed by atoms with Gasteiger partial charge in [-0.25, -0.2) is 9.97 Å². The van der Waals surface area contributed by atoms with Gasteiger partial charge in [0, 0.05) is 15.3 Å². The third kappa shape index (κ3) is 9.58. The lowest BCUT2D eigenvalue weighted by atomic mass is 10.4. The maximum atomic E-state index is 8.70. The molecule has 0 saturated heterocycles. The summed E-state index contributed by atoms with van der Waals surface area (Å²) in [5, 5.41) is 0. The molecule has 0 bridgehead atoms. The van der Waals surface area contributed by atoms with Crippen molar-refractivity contribution in [2.24, 2.45) is 0 Å². The van der Waals surface area contributed by atoms with Gasteiger partial charge in [0.05, 0.1) is 11.8 Å². The Hall–Kier alpha value is -1.34. The topological polar surface area (TPSA) is 157 Å². The van der Waals surface area contributed by atoms with Crippen LogP contribution in [0.15, 0.2) is 24.7 Å². The van der Waals surface area contributed by atoms with Crippen LogP contribution in [-0.2, 0) is 9.13 Å². The molecule has 0 aromatic carbocycles. The van der Waals surface area contributed by atoms with Crippen LogP contribution in [0.4, 0.5) is 0 Å². The molecular formula is C6H9N3O6P2+2. The standard InChI is InChI=1S/C6H5N3.2HO3P/c1-2-5-6(7-3-1)9-4-8-5;2*1-4(2)3/h1-4H,(H,7,8,9);2*(H-,1,2,3)/p+2. The van der Waals surface area contributed by atoms with Gasteiger partial charge in [-0.15, -0.1) is 19.6 Å². The number of aromatic amines is 1. The number of aromatic nitrogens is 3. The van der Waals surface area contributed by atoms with Gasteiger partial charge in [-0.05, 0) is 12.1 Å². The Morgan fingerprint density at radius 1 is 1.06 bits per heavy atom. The Morgan fingerprint density at radius 3 is 2.06 bits per heavy atom. The normalized spacial score (nSPS) is 8.47. The van der Waals surface area contributed by atoms with Gasteiger partial charge in [0.15, 0.2) is 5.65 Å². The molecule has 2 heterocycles. The first-order valence-corrected chi connectivity index (χ1v) is 6.20. The second kappa shape index (κ2) is 8.77. The molecule has 0 unspecified atom stereocenters. The average Bonchev–Trinajstić information content (AvgIpc) is 2.62. The first kappa shape index (κ1) is 15.7. The number of hydrogen-bond donors (Lipinski definition) is 5. The van der Waals surface area contributed by atoms with Crippen LogP contribution in [0.3, 0.4) is 0 Å². The Kier molecular flexibility index (Phi) is 8.08. The van der Waals surface area contributed by atoms with Gasteiger partial charge < -0.3 is 4.98 Å². The highest BCUT2D eigenvalue weighted by atomic mass is 31.1. The van der Waals surface area contributed by atoms with Gasteiger partial charge in [0.2, 0.25) is 0 Å². The summed E-state index contributed by atoms with van der Waals surface area (Å²) in [7, 11) is -5.74. The third-order valence-corrected chi connectivity index (χ3v) is 1.19. The number of nitrogens with one attached hydrogen (secondary N) is 1. The monoisotopic (exact) mass is 281 g/mol. The Labute approximate surface area is 96.7 Å². The van der Waals surface area contributed by atoms with Crippen molar-refractivity contribution in [1.82, 2.24) is 15.0 Å². The van der Waals surface area contributed by atoms with E-state index in [4.69, 9.17) is 28.7 Å². The van der Waals surface area contributed by atoms with E-state index in [0.29, 0.717) is 0 Å². The van der Waals surface area contributed by atoms with Crippen LogP contribution in [0.1, 0.15) is 0 Å². The van der Waals surface area contributed by atoms with Crippen LogP contribution in [0.2, 0.25) is 0 Å². The zero-order chi connectivity index (χ0) is 13.3. The smallest absolute Gasteiger partial charge is 0.343 e. The number of fused-ring (bicyclic) bond motifs is 1. The van der Waals surface area contributed by atoms with Gasteiger partial charge in [-0.2, -0.15) is 0 Å². The molecule has 17 heavy (non-hydrogen) atoms. The zero-order valence-electron chi connectivity index (χ0n) is 8.20. The van der Waals surface area contributed by atoms with Crippen molar-refractivity contribution in [3.05, 3.63) is 24.7 Å². The van der Waals surface area contributed by atoms with E-state index >= 15 is 0 Å². The van der Waals surface area contributed by atoms with Crippen molar-refractivity contribution in [1.29, 1.82) is 0 Å². The molecule has 92 valence electrons. The van der Waals surface area contributed by atoms with E-state index in [1.54, 1.807) is 12.5 Å². The molecule has 0 aliphatic heterocycles. The van der Waals surface area contributed by atoms with E-state index in [2.05, 4.69) is 15.0 Å². The maximum Gasteiger partial charge on any atom is 0.692 e. The summed E-state index contributed by atoms with van der Waals surface area (Å²) in [4.78, 5) is 39.4. The van der Waals surface area contributed by atoms with E-state index in [0.717, 1.165) is 11.2 Å². The van der Waals surface area contributed by atoms with Crippen molar-refractivity contribution in [2.45, 2.75) is 0 Å². The van der Waals surface area contributed by atoms with Crippen LogP contribution < -0.4 is 0 Å². The van der Waals surface area contributed by atoms with Crippen molar-refractivity contribution < 1.29 is 28.7 Å². The Balaban J connectivity index is 0.000000274. The largest absolute Gasteiger partial charge is 0.692 e. The van der Waals surface area contributed by atoms with Crippen LogP contribution in [0, 0.1) is 0 Å². The maximum absolute atomic E-state index is 8.70. The highest BCUT2D eigenvalue weighted by Crippen LogP contribution is 2.01. The second-order valence-electron chi connectivity index (χ2n) is 2.28. The quantitative estimate of drug-likeness (QED) is 0.429. The predicted molar refractivity (Wildman–Crippen MR) is 58.0 cm³/mol. The summed E-state index contributed by atoms with van der Waals surface area (Å²) in [6.45, 7) is 0. The average molecular weight is 281 g/mol. The minimum Gasteiger partial charge on any atom is -0.343 e. The first-order valence-electron chi connectivity index (χ1n) is 3.87. The molecule has 2 aromatic rings. The number of H-pyrrole nitrogens is 1. The van der Waals surface area contributed by atoms with Crippen LogP contribution in [0.25, 0.3) is 11.2 Å². The van der Waals surface area contributed by atoms with Gasteiger partial charge in [-0.3, -0.25) is 0 Å². The van der Waals surface area contributed by atoms with Crippen LogP contribution >= 0.6 is 16.5 Å². The molecule has 0 radical (unpaired) electrons. The van der Waals surface area contributed by atoms with Crippen molar-refractivity contribution >= 4 is 27.7 Å². The van der Waals surface area contributed by atoms with E-state index in [1.807, 2.05) is 12.1 Å². The second-order valence-corrected chi connectivity index (χ2v) is 3.29. The SMILES string of the molecule is O=[P+](O)O.O=[P+](O)O.c1cnc2nc[nH]c2c1. The van der Waals surface area contributed by atoms with Gasteiger partial charge in [0.25, 0.3) is 0 Å². The molecule has 9 nitrogen and oxygen atoms in total. The number of pyridine rings is 1. The molecule has 2 aromatic heterocycles. The molecule has 0 amide bonds. The van der Waals surface area contributed by atoms with Gasteiger partial charge in [0.1, 0.15) is 0 Å². The van der Waals surface area contributed by atoms with E-state index in [9.17, 15) is 0 Å². The van der Waals surface area contributed by atoms with Crippen molar-refractivity contribution in [3.63, 3.8) is 0 Å². The molecule has 0 atom stereocenters. The highest BCUT2D eigenvalue weighted by molar-refractivity contribution is 7.31. The Morgan fingerprint density at radius 2 is 1.59 bits per heavy atom. The fraction of sp³-hybridized carbons (Fsp3) is 0. The van der Waals surface area contributed by atoms with Gasteiger partial charge in [-0.1, -0.05) is 0 Å². The highest BCUT2D eigenvalue weighted by Gasteiger charge is 1.93. The summed E-state index contributed by atoms with van der Waals surface area (Å²) in [6, 6.07) is 3.82. The van der Waals surface area contributed by atoms with Gasteiger partial charge >= 0.3 is 16.5 Å². The molecule has 2 rings (SSSR count). The fourth-order valence-corrected chi connectivity index (χ4v) is 0.775. The molecule has 0 saturated carbocycles. The zero-order valence-corrected chi connectivity index (χ0v) is 9.99. The summed E-state index contributed by atoms with van der Waals surface area (Å²) >= 11 is 0. The number of hydrogen-bond acceptors (Lipinski definition) is 4. The molecule has 0 fully saturated rings. The lowest BCUT2D eigenvalue weighted by molar-refractivity contribution is 0.403. The number of rotatable bonds is 0. The molecule has 11 heteroatoms. The summed E-state index contributed by atoms with van der Waals surface area (Å²) < 4.78 is 17.4. The summed E-state index contributed by atoms with van der Waals surface area (Å²) in [6.07, 6.45) is 3.36.